The van der Waals surface area contributed by atoms with Gasteiger partial charge in [-0.25, -0.2) is 8.78 Å². The van der Waals surface area contributed by atoms with E-state index >= 15 is 0 Å². The molecule has 0 fully saturated rings. The van der Waals surface area contributed by atoms with Crippen molar-refractivity contribution in [1.82, 2.24) is 20.1 Å². The zero-order valence-electron chi connectivity index (χ0n) is 17.5. The summed E-state index contributed by atoms with van der Waals surface area (Å²) < 4.78 is 34.6. The number of carbonyl (C=O) groups excluding carboxylic acids is 1. The first-order chi connectivity index (χ1) is 15.4. The monoisotopic (exact) mass is 434 g/mol. The van der Waals surface area contributed by atoms with Crippen LogP contribution in [-0.4, -0.2) is 20.7 Å². The first-order valence-electron chi connectivity index (χ1n) is 9.85. The molecule has 0 unspecified atom stereocenters. The average molecular weight is 434 g/mol. The van der Waals surface area contributed by atoms with Crippen LogP contribution in [0.4, 0.5) is 8.78 Å². The molecule has 0 spiro atoms. The summed E-state index contributed by atoms with van der Waals surface area (Å²) in [6.07, 6.45) is 5.21. The van der Waals surface area contributed by atoms with E-state index in [0.717, 1.165) is 17.7 Å². The van der Waals surface area contributed by atoms with Crippen molar-refractivity contribution in [2.45, 2.75) is 13.5 Å². The summed E-state index contributed by atoms with van der Waals surface area (Å²) in [7, 11) is 1.83. The smallest absolute Gasteiger partial charge is 0.251 e. The van der Waals surface area contributed by atoms with E-state index in [1.807, 2.05) is 13.2 Å². The minimum atomic E-state index is -0.707. The van der Waals surface area contributed by atoms with E-state index in [1.54, 1.807) is 54.3 Å². The molecule has 1 N–H and O–H groups in total. The van der Waals surface area contributed by atoms with Crippen molar-refractivity contribution in [3.05, 3.63) is 95.4 Å². The lowest BCUT2D eigenvalue weighted by Crippen LogP contribution is -2.24. The van der Waals surface area contributed by atoms with Crippen molar-refractivity contribution in [3.8, 4) is 22.8 Å². The van der Waals surface area contributed by atoms with Gasteiger partial charge in [0.25, 0.3) is 5.91 Å². The van der Waals surface area contributed by atoms with Crippen molar-refractivity contribution in [2.24, 2.45) is 7.05 Å². The van der Waals surface area contributed by atoms with Crippen molar-refractivity contribution < 1.29 is 18.3 Å². The van der Waals surface area contributed by atoms with Crippen LogP contribution in [0, 0.1) is 18.6 Å². The molecule has 0 saturated heterocycles. The highest BCUT2D eigenvalue weighted by molar-refractivity contribution is 5.96. The number of nitrogens with zero attached hydrogens (tertiary/aromatic N) is 3. The van der Waals surface area contributed by atoms with Gasteiger partial charge in [0.2, 0.25) is 0 Å². The van der Waals surface area contributed by atoms with E-state index in [9.17, 15) is 13.6 Å². The first-order valence-corrected chi connectivity index (χ1v) is 9.85. The number of hydrogen-bond acceptors (Lipinski definition) is 4. The van der Waals surface area contributed by atoms with Crippen molar-refractivity contribution in [2.75, 3.05) is 0 Å². The van der Waals surface area contributed by atoms with E-state index in [4.69, 9.17) is 4.74 Å². The molecule has 0 atom stereocenters. The molecule has 32 heavy (non-hydrogen) atoms. The number of aryl methyl sites for hydroxylation is 1. The van der Waals surface area contributed by atoms with Gasteiger partial charge in [0.1, 0.15) is 23.1 Å². The largest absolute Gasteiger partial charge is 0.457 e. The van der Waals surface area contributed by atoms with Crippen LogP contribution < -0.4 is 10.1 Å². The van der Waals surface area contributed by atoms with Gasteiger partial charge < -0.3 is 10.1 Å². The topological polar surface area (TPSA) is 69.0 Å². The Labute approximate surface area is 183 Å². The highest BCUT2D eigenvalue weighted by atomic mass is 19.1. The quantitative estimate of drug-likeness (QED) is 0.474. The Morgan fingerprint density at radius 3 is 2.75 bits per heavy atom. The zero-order chi connectivity index (χ0) is 22.7. The number of benzene rings is 2. The molecule has 4 rings (SSSR count). The van der Waals surface area contributed by atoms with Gasteiger partial charge in [0.05, 0.1) is 11.9 Å². The Kier molecular flexibility index (Phi) is 5.93. The fourth-order valence-corrected chi connectivity index (χ4v) is 3.22. The molecule has 0 aliphatic heterocycles. The van der Waals surface area contributed by atoms with E-state index < -0.39 is 11.6 Å². The molecule has 0 radical (unpaired) electrons. The molecule has 0 aliphatic rings. The summed E-state index contributed by atoms with van der Waals surface area (Å²) >= 11 is 0. The van der Waals surface area contributed by atoms with Gasteiger partial charge >= 0.3 is 0 Å². The molecule has 6 nitrogen and oxygen atoms in total. The molecular weight excluding hydrogens is 414 g/mol. The van der Waals surface area contributed by atoms with Gasteiger partial charge in [-0.1, -0.05) is 12.1 Å². The number of nitrogens with one attached hydrogen (secondary N) is 1. The lowest BCUT2D eigenvalue weighted by Gasteiger charge is -2.13. The highest BCUT2D eigenvalue weighted by Crippen LogP contribution is 2.29. The van der Waals surface area contributed by atoms with Crippen LogP contribution in [0.3, 0.4) is 0 Å². The fourth-order valence-electron chi connectivity index (χ4n) is 3.22. The van der Waals surface area contributed by atoms with Crippen LogP contribution in [0.25, 0.3) is 11.3 Å². The van der Waals surface area contributed by atoms with E-state index in [2.05, 4.69) is 15.4 Å². The van der Waals surface area contributed by atoms with Crippen LogP contribution in [0.15, 0.2) is 67.1 Å². The number of aromatic nitrogens is 3. The highest BCUT2D eigenvalue weighted by Gasteiger charge is 2.14. The van der Waals surface area contributed by atoms with E-state index in [1.165, 1.54) is 6.07 Å². The second-order valence-corrected chi connectivity index (χ2v) is 7.23. The first kappa shape index (κ1) is 21.2. The van der Waals surface area contributed by atoms with Gasteiger partial charge in [0.15, 0.2) is 0 Å². The lowest BCUT2D eigenvalue weighted by molar-refractivity contribution is 0.0949. The number of rotatable bonds is 6. The molecule has 2 aromatic carbocycles. The van der Waals surface area contributed by atoms with Gasteiger partial charge in [-0.15, -0.1) is 0 Å². The van der Waals surface area contributed by atoms with Crippen molar-refractivity contribution in [1.29, 1.82) is 0 Å². The third-order valence-corrected chi connectivity index (χ3v) is 4.94. The van der Waals surface area contributed by atoms with Crippen molar-refractivity contribution in [3.63, 3.8) is 0 Å². The minimum Gasteiger partial charge on any atom is -0.457 e. The van der Waals surface area contributed by atoms with Crippen LogP contribution >= 0.6 is 0 Å². The SMILES string of the molecule is Cc1c(Oc2ccnc(-c3cnn(C)c3)c2)cccc1C(=O)NCc1ccc(F)cc1F. The Balaban J connectivity index is 1.50. The second-order valence-electron chi connectivity index (χ2n) is 7.23. The Hall–Kier alpha value is -4.07. The van der Waals surface area contributed by atoms with E-state index in [-0.39, 0.29) is 18.0 Å². The maximum absolute atomic E-state index is 13.8. The van der Waals surface area contributed by atoms with Gasteiger partial charge in [-0.3, -0.25) is 14.5 Å². The number of pyridine rings is 1. The van der Waals surface area contributed by atoms with Gasteiger partial charge in [-0.05, 0) is 31.2 Å². The number of ether oxygens (including phenoxy) is 1. The summed E-state index contributed by atoms with van der Waals surface area (Å²) in [5.41, 5.74) is 2.79. The molecule has 162 valence electrons. The molecule has 2 aromatic heterocycles. The Bertz CT molecular complexity index is 1290. The summed E-state index contributed by atoms with van der Waals surface area (Å²) in [6, 6.07) is 11.9. The third-order valence-electron chi connectivity index (χ3n) is 4.94. The molecule has 2 heterocycles. The maximum Gasteiger partial charge on any atom is 0.251 e. The van der Waals surface area contributed by atoms with Crippen LogP contribution in [0.2, 0.25) is 0 Å². The predicted octanol–water partition coefficient (Wildman–Crippen LogP) is 4.79. The van der Waals surface area contributed by atoms with E-state index in [0.29, 0.717) is 28.3 Å². The Morgan fingerprint density at radius 2 is 2.00 bits per heavy atom. The second kappa shape index (κ2) is 8.97. The number of halogens is 2. The number of carbonyl (C=O) groups is 1. The maximum atomic E-state index is 13.8. The van der Waals surface area contributed by atoms with Crippen molar-refractivity contribution >= 4 is 5.91 Å². The molecule has 0 saturated carbocycles. The van der Waals surface area contributed by atoms with Crippen LogP contribution in [-0.2, 0) is 13.6 Å². The number of amides is 1. The Morgan fingerprint density at radius 1 is 1.16 bits per heavy atom. The zero-order valence-corrected chi connectivity index (χ0v) is 17.5. The average Bonchev–Trinajstić information content (AvgIpc) is 3.21. The molecular formula is C24H20F2N4O2. The fraction of sp³-hybridized carbons (Fsp3) is 0.125. The van der Waals surface area contributed by atoms with Crippen LogP contribution in [0.1, 0.15) is 21.5 Å². The third kappa shape index (κ3) is 4.64. The standard InChI is InChI=1S/C24H20F2N4O2/c1-15-20(24(31)28-12-16-6-7-18(25)10-21(16)26)4-3-5-23(15)32-19-8-9-27-22(11-19)17-13-29-30(2)14-17/h3-11,13-14H,12H2,1-2H3,(H,28,31). The molecule has 4 aromatic rings. The summed E-state index contributed by atoms with van der Waals surface area (Å²) in [4.78, 5) is 17.0. The van der Waals surface area contributed by atoms with Gasteiger partial charge in [-0.2, -0.15) is 5.10 Å². The summed E-state index contributed by atoms with van der Waals surface area (Å²) in [6.45, 7) is 1.71. The molecule has 1 amide bonds. The molecule has 0 bridgehead atoms. The number of hydrogen-bond donors (Lipinski definition) is 1. The normalized spacial score (nSPS) is 10.8. The van der Waals surface area contributed by atoms with Gasteiger partial charge in [0, 0.05) is 60.4 Å². The summed E-state index contributed by atoms with van der Waals surface area (Å²) in [5, 5.41) is 6.81. The predicted molar refractivity (Wildman–Crippen MR) is 115 cm³/mol. The molecule has 8 heteroatoms. The molecule has 0 aliphatic carbocycles. The minimum absolute atomic E-state index is 0.0612. The summed E-state index contributed by atoms with van der Waals surface area (Å²) in [5.74, 6) is -0.688. The lowest BCUT2D eigenvalue weighted by atomic mass is 10.1. The van der Waals surface area contributed by atoms with Crippen LogP contribution in [0.5, 0.6) is 11.5 Å².